The highest BCUT2D eigenvalue weighted by Gasteiger charge is 2.21. The van der Waals surface area contributed by atoms with Gasteiger partial charge in [0.15, 0.2) is 0 Å². The van der Waals surface area contributed by atoms with Gasteiger partial charge in [-0.25, -0.2) is 0 Å². The highest BCUT2D eigenvalue weighted by Crippen LogP contribution is 2.14. The average Bonchev–Trinajstić information content (AvgIpc) is 3.41. The van der Waals surface area contributed by atoms with Crippen LogP contribution in [-0.2, 0) is 9.47 Å². The first-order chi connectivity index (χ1) is 11.9. The third-order valence-electron chi connectivity index (χ3n) is 4.88. The average molecular weight is 405 g/mol. The molecule has 1 unspecified atom stereocenters. The molecule has 3 heteroatoms. The summed E-state index contributed by atoms with van der Waals surface area (Å²) in [7, 11) is 0. The van der Waals surface area contributed by atoms with Gasteiger partial charge < -0.3 is 9.47 Å². The Morgan fingerprint density at radius 1 is 0.625 bits per heavy atom. The van der Waals surface area contributed by atoms with Crippen LogP contribution in [-0.4, -0.2) is 31.3 Å². The molecule has 144 valence electrons. The van der Waals surface area contributed by atoms with E-state index in [1.165, 1.54) is 108 Å². The molecule has 0 spiro atoms. The van der Waals surface area contributed by atoms with Crippen LogP contribution >= 0.6 is 15.9 Å². The fourth-order valence-corrected chi connectivity index (χ4v) is 3.55. The first-order valence-corrected chi connectivity index (χ1v) is 11.8. The zero-order valence-corrected chi connectivity index (χ0v) is 17.5. The van der Waals surface area contributed by atoms with E-state index in [-0.39, 0.29) is 0 Å². The topological polar surface area (TPSA) is 21.8 Å². The largest absolute Gasteiger partial charge is 0.379 e. The molecule has 1 atom stereocenters. The van der Waals surface area contributed by atoms with Crippen molar-refractivity contribution in [1.29, 1.82) is 0 Å². The number of ether oxygens (including phenoxy) is 2. The molecule has 0 aromatic rings. The molecule has 0 aliphatic carbocycles. The van der Waals surface area contributed by atoms with Gasteiger partial charge in [-0.15, -0.1) is 0 Å². The number of hydrogen-bond acceptors (Lipinski definition) is 2. The summed E-state index contributed by atoms with van der Waals surface area (Å²) in [6.45, 7) is 2.66. The Labute approximate surface area is 159 Å². The van der Waals surface area contributed by atoms with Crippen molar-refractivity contribution >= 4 is 15.9 Å². The van der Waals surface area contributed by atoms with Crippen LogP contribution in [0.4, 0.5) is 0 Å². The van der Waals surface area contributed by atoms with Gasteiger partial charge in [0.25, 0.3) is 0 Å². The highest BCUT2D eigenvalue weighted by molar-refractivity contribution is 9.09. The Bertz CT molecular complexity index is 244. The Kier molecular flexibility index (Phi) is 17.0. The minimum Gasteiger partial charge on any atom is -0.379 e. The van der Waals surface area contributed by atoms with E-state index >= 15 is 0 Å². The van der Waals surface area contributed by atoms with Crippen molar-refractivity contribution in [3.05, 3.63) is 0 Å². The Morgan fingerprint density at radius 3 is 1.38 bits per heavy atom. The SMILES string of the molecule is BrCCCCCCCCCCCCCCCCCCOCC1CO1. The summed E-state index contributed by atoms with van der Waals surface area (Å²) in [6, 6.07) is 0. The lowest BCUT2D eigenvalue weighted by molar-refractivity contribution is 0.113. The molecule has 0 aromatic heterocycles. The van der Waals surface area contributed by atoms with Crippen molar-refractivity contribution < 1.29 is 9.47 Å². The molecule has 0 saturated carbocycles. The lowest BCUT2D eigenvalue weighted by Gasteiger charge is -2.04. The lowest BCUT2D eigenvalue weighted by atomic mass is 10.0. The summed E-state index contributed by atoms with van der Waals surface area (Å²) < 4.78 is 10.7. The van der Waals surface area contributed by atoms with Crippen LogP contribution in [0.25, 0.3) is 0 Å². The van der Waals surface area contributed by atoms with Crippen molar-refractivity contribution in [3.63, 3.8) is 0 Å². The van der Waals surface area contributed by atoms with Crippen LogP contribution in [0.2, 0.25) is 0 Å². The predicted molar refractivity (Wildman–Crippen MR) is 108 cm³/mol. The van der Waals surface area contributed by atoms with Gasteiger partial charge in [-0.05, 0) is 12.8 Å². The summed E-state index contributed by atoms with van der Waals surface area (Å²) in [5.41, 5.74) is 0. The molecule has 0 aromatic carbocycles. The second-order valence-electron chi connectivity index (χ2n) is 7.38. The van der Waals surface area contributed by atoms with Gasteiger partial charge in [-0.2, -0.15) is 0 Å². The fraction of sp³-hybridized carbons (Fsp3) is 1.00. The van der Waals surface area contributed by atoms with E-state index in [9.17, 15) is 0 Å². The molecule has 0 bridgehead atoms. The Balaban J connectivity index is 1.59. The normalized spacial score (nSPS) is 16.6. The molecule has 1 aliphatic heterocycles. The number of alkyl halides is 1. The van der Waals surface area contributed by atoms with Crippen LogP contribution in [0.5, 0.6) is 0 Å². The number of unbranched alkanes of at least 4 members (excludes halogenated alkanes) is 15. The van der Waals surface area contributed by atoms with Crippen LogP contribution in [0.3, 0.4) is 0 Å². The molecule has 1 heterocycles. The maximum absolute atomic E-state index is 5.55. The van der Waals surface area contributed by atoms with Crippen molar-refractivity contribution in [2.24, 2.45) is 0 Å². The highest BCUT2D eigenvalue weighted by atomic mass is 79.9. The predicted octanol–water partition coefficient (Wildman–Crippen LogP) is 7.04. The molecule has 1 saturated heterocycles. The van der Waals surface area contributed by atoms with Crippen LogP contribution in [0, 0.1) is 0 Å². The minimum atomic E-state index is 0.425. The van der Waals surface area contributed by atoms with Gasteiger partial charge in [0.05, 0.1) is 13.2 Å². The maximum Gasteiger partial charge on any atom is 0.104 e. The standard InChI is InChI=1S/C21H41BrO2/c22-17-15-13-11-9-7-5-3-1-2-4-6-8-10-12-14-16-18-23-19-21-20-24-21/h21H,1-20H2. The van der Waals surface area contributed by atoms with E-state index in [2.05, 4.69) is 15.9 Å². The smallest absolute Gasteiger partial charge is 0.104 e. The lowest BCUT2D eigenvalue weighted by Crippen LogP contribution is -2.02. The number of halogens is 1. The second kappa shape index (κ2) is 18.2. The van der Waals surface area contributed by atoms with E-state index in [4.69, 9.17) is 9.47 Å². The molecule has 0 radical (unpaired) electrons. The fourth-order valence-electron chi connectivity index (χ4n) is 3.15. The van der Waals surface area contributed by atoms with E-state index in [0.29, 0.717) is 6.10 Å². The minimum absolute atomic E-state index is 0.425. The molecule has 1 rings (SSSR count). The van der Waals surface area contributed by atoms with E-state index in [0.717, 1.165) is 19.8 Å². The molecular formula is C21H41BrO2. The Morgan fingerprint density at radius 2 is 1.00 bits per heavy atom. The Hall–Kier alpha value is 0.400. The molecule has 0 amide bonds. The molecule has 1 aliphatic rings. The maximum atomic E-state index is 5.55. The van der Waals surface area contributed by atoms with Gasteiger partial charge in [-0.3, -0.25) is 0 Å². The molecule has 1 fully saturated rings. The van der Waals surface area contributed by atoms with Crippen molar-refractivity contribution in [2.45, 2.75) is 109 Å². The van der Waals surface area contributed by atoms with Gasteiger partial charge >= 0.3 is 0 Å². The summed E-state index contributed by atoms with van der Waals surface area (Å²) in [6.07, 6.45) is 23.1. The monoisotopic (exact) mass is 404 g/mol. The quantitative estimate of drug-likeness (QED) is 0.123. The number of hydrogen-bond donors (Lipinski definition) is 0. The zero-order valence-electron chi connectivity index (χ0n) is 15.9. The first-order valence-electron chi connectivity index (χ1n) is 10.7. The first kappa shape index (κ1) is 22.4. The van der Waals surface area contributed by atoms with Crippen molar-refractivity contribution in [1.82, 2.24) is 0 Å². The zero-order chi connectivity index (χ0) is 17.1. The van der Waals surface area contributed by atoms with Crippen LogP contribution in [0.1, 0.15) is 103 Å². The molecule has 0 N–H and O–H groups in total. The van der Waals surface area contributed by atoms with Crippen LogP contribution in [0.15, 0.2) is 0 Å². The summed E-state index contributed by atoms with van der Waals surface area (Å²) in [5.74, 6) is 0. The van der Waals surface area contributed by atoms with Gasteiger partial charge in [0.1, 0.15) is 6.10 Å². The molecule has 2 nitrogen and oxygen atoms in total. The summed E-state index contributed by atoms with van der Waals surface area (Å²) in [5, 5.41) is 1.18. The number of epoxide rings is 1. The summed E-state index contributed by atoms with van der Waals surface area (Å²) in [4.78, 5) is 0. The van der Waals surface area contributed by atoms with Crippen molar-refractivity contribution in [2.75, 3.05) is 25.2 Å². The van der Waals surface area contributed by atoms with Gasteiger partial charge in [-0.1, -0.05) is 106 Å². The third-order valence-corrected chi connectivity index (χ3v) is 5.44. The van der Waals surface area contributed by atoms with Gasteiger partial charge in [0, 0.05) is 11.9 Å². The van der Waals surface area contributed by atoms with E-state index in [1.54, 1.807) is 0 Å². The number of rotatable bonds is 20. The van der Waals surface area contributed by atoms with Gasteiger partial charge in [0.2, 0.25) is 0 Å². The molecular weight excluding hydrogens is 364 g/mol. The second-order valence-corrected chi connectivity index (χ2v) is 8.17. The van der Waals surface area contributed by atoms with E-state index in [1.807, 2.05) is 0 Å². The summed E-state index contributed by atoms with van der Waals surface area (Å²) >= 11 is 3.50. The third kappa shape index (κ3) is 17.2. The van der Waals surface area contributed by atoms with Crippen molar-refractivity contribution in [3.8, 4) is 0 Å². The van der Waals surface area contributed by atoms with Crippen LogP contribution < -0.4 is 0 Å². The molecule has 24 heavy (non-hydrogen) atoms. The van der Waals surface area contributed by atoms with E-state index < -0.39 is 0 Å².